The van der Waals surface area contributed by atoms with Gasteiger partial charge in [-0.15, -0.1) is 0 Å². The maximum Gasteiger partial charge on any atom is 0.0946 e. The smallest absolute Gasteiger partial charge is 0.0946 e. The Labute approximate surface area is 56.1 Å². The van der Waals surface area contributed by atoms with Gasteiger partial charge in [-0.3, -0.25) is 4.84 Å². The van der Waals surface area contributed by atoms with Gasteiger partial charge < -0.3 is 0 Å². The zero-order valence-corrected chi connectivity index (χ0v) is 6.00. The van der Waals surface area contributed by atoms with Crippen molar-refractivity contribution < 1.29 is 4.84 Å². The lowest BCUT2D eigenvalue weighted by Crippen LogP contribution is -2.30. The SMILES string of the molecule is CCN1CC=CC(C)O1. The molecule has 0 saturated carbocycles. The van der Waals surface area contributed by atoms with E-state index < -0.39 is 0 Å². The summed E-state index contributed by atoms with van der Waals surface area (Å²) in [7, 11) is 0. The van der Waals surface area contributed by atoms with Crippen molar-refractivity contribution in [2.24, 2.45) is 0 Å². The fourth-order valence-electron chi connectivity index (χ4n) is 0.887. The van der Waals surface area contributed by atoms with Crippen molar-refractivity contribution in [1.29, 1.82) is 0 Å². The molecule has 1 aliphatic rings. The summed E-state index contributed by atoms with van der Waals surface area (Å²) in [5.41, 5.74) is 0. The van der Waals surface area contributed by atoms with Crippen molar-refractivity contribution in [3.63, 3.8) is 0 Å². The van der Waals surface area contributed by atoms with Crippen molar-refractivity contribution in [3.05, 3.63) is 12.2 Å². The van der Waals surface area contributed by atoms with E-state index in [9.17, 15) is 0 Å². The van der Waals surface area contributed by atoms with Gasteiger partial charge in [-0.1, -0.05) is 19.1 Å². The van der Waals surface area contributed by atoms with E-state index in [-0.39, 0.29) is 6.10 Å². The second-order valence-electron chi connectivity index (χ2n) is 2.22. The van der Waals surface area contributed by atoms with Crippen molar-refractivity contribution >= 4 is 0 Å². The largest absolute Gasteiger partial charge is 0.292 e. The molecule has 1 atom stereocenters. The monoisotopic (exact) mass is 127 g/mol. The summed E-state index contributed by atoms with van der Waals surface area (Å²) in [6, 6.07) is 0. The third kappa shape index (κ3) is 1.80. The average Bonchev–Trinajstić information content (AvgIpc) is 1.88. The van der Waals surface area contributed by atoms with E-state index >= 15 is 0 Å². The normalized spacial score (nSPS) is 28.9. The second-order valence-corrected chi connectivity index (χ2v) is 2.22. The Hall–Kier alpha value is -0.340. The van der Waals surface area contributed by atoms with Crippen LogP contribution in [0.5, 0.6) is 0 Å². The minimum Gasteiger partial charge on any atom is -0.292 e. The predicted octanol–water partition coefficient (Wildman–Crippen LogP) is 1.20. The quantitative estimate of drug-likeness (QED) is 0.491. The summed E-state index contributed by atoms with van der Waals surface area (Å²) in [6.07, 6.45) is 4.47. The molecule has 9 heavy (non-hydrogen) atoms. The molecule has 0 bridgehead atoms. The molecule has 0 radical (unpaired) electrons. The summed E-state index contributed by atoms with van der Waals surface area (Å²) < 4.78 is 0. The number of hydrogen-bond acceptors (Lipinski definition) is 2. The van der Waals surface area contributed by atoms with Gasteiger partial charge in [0, 0.05) is 13.1 Å². The van der Waals surface area contributed by atoms with Gasteiger partial charge >= 0.3 is 0 Å². The molecule has 0 saturated heterocycles. The van der Waals surface area contributed by atoms with E-state index in [1.54, 1.807) is 0 Å². The van der Waals surface area contributed by atoms with Gasteiger partial charge in [-0.25, -0.2) is 0 Å². The Morgan fingerprint density at radius 2 is 2.56 bits per heavy atom. The highest BCUT2D eigenvalue weighted by molar-refractivity contribution is 4.91. The van der Waals surface area contributed by atoms with E-state index in [1.165, 1.54) is 0 Å². The Morgan fingerprint density at radius 3 is 3.00 bits per heavy atom. The first-order valence-electron chi connectivity index (χ1n) is 3.41. The molecule has 2 nitrogen and oxygen atoms in total. The summed E-state index contributed by atoms with van der Waals surface area (Å²) >= 11 is 0. The van der Waals surface area contributed by atoms with Gasteiger partial charge in [0.15, 0.2) is 0 Å². The van der Waals surface area contributed by atoms with Crippen molar-refractivity contribution in [2.45, 2.75) is 20.0 Å². The Morgan fingerprint density at radius 1 is 1.78 bits per heavy atom. The maximum atomic E-state index is 5.38. The summed E-state index contributed by atoms with van der Waals surface area (Å²) in [5.74, 6) is 0. The molecule has 0 aromatic rings. The van der Waals surface area contributed by atoms with Crippen LogP contribution in [0.2, 0.25) is 0 Å². The van der Waals surface area contributed by atoms with E-state index in [0.29, 0.717) is 0 Å². The topological polar surface area (TPSA) is 12.5 Å². The minimum atomic E-state index is 0.263. The molecule has 0 N–H and O–H groups in total. The zero-order chi connectivity index (χ0) is 6.69. The molecule has 0 aliphatic carbocycles. The highest BCUT2D eigenvalue weighted by Gasteiger charge is 2.08. The molecule has 1 rings (SSSR count). The van der Waals surface area contributed by atoms with E-state index in [4.69, 9.17) is 4.84 Å². The first-order chi connectivity index (χ1) is 4.33. The van der Waals surface area contributed by atoms with Crippen LogP contribution in [-0.2, 0) is 4.84 Å². The van der Waals surface area contributed by atoms with Crippen LogP contribution < -0.4 is 0 Å². The van der Waals surface area contributed by atoms with Crippen LogP contribution in [0.15, 0.2) is 12.2 Å². The molecular formula is C7H13NO. The van der Waals surface area contributed by atoms with E-state index in [1.807, 2.05) is 12.0 Å². The molecule has 2 heteroatoms. The first kappa shape index (κ1) is 6.78. The number of rotatable bonds is 1. The molecule has 1 heterocycles. The first-order valence-corrected chi connectivity index (χ1v) is 3.41. The third-order valence-electron chi connectivity index (χ3n) is 1.38. The van der Waals surface area contributed by atoms with Gasteiger partial charge in [-0.2, -0.15) is 5.06 Å². The van der Waals surface area contributed by atoms with Crippen molar-refractivity contribution in [1.82, 2.24) is 5.06 Å². The predicted molar refractivity (Wildman–Crippen MR) is 36.9 cm³/mol. The minimum absolute atomic E-state index is 0.263. The standard InChI is InChI=1S/C7H13NO/c1-3-8-6-4-5-7(2)9-8/h4-5,7H,3,6H2,1-2H3. The highest BCUT2D eigenvalue weighted by atomic mass is 16.7. The van der Waals surface area contributed by atoms with E-state index in [0.717, 1.165) is 13.1 Å². The molecule has 0 amide bonds. The van der Waals surface area contributed by atoms with Crippen LogP contribution in [0, 0.1) is 0 Å². The zero-order valence-electron chi connectivity index (χ0n) is 6.00. The fraction of sp³-hybridized carbons (Fsp3) is 0.714. The van der Waals surface area contributed by atoms with Gasteiger partial charge in [0.05, 0.1) is 6.10 Å². The van der Waals surface area contributed by atoms with Gasteiger partial charge in [0.2, 0.25) is 0 Å². The van der Waals surface area contributed by atoms with Crippen LogP contribution in [0.25, 0.3) is 0 Å². The van der Waals surface area contributed by atoms with Crippen molar-refractivity contribution in [2.75, 3.05) is 13.1 Å². The summed E-state index contributed by atoms with van der Waals surface area (Å²) in [5, 5.41) is 1.95. The van der Waals surface area contributed by atoms with Gasteiger partial charge in [0.25, 0.3) is 0 Å². The molecule has 0 aromatic carbocycles. The van der Waals surface area contributed by atoms with Gasteiger partial charge in [-0.05, 0) is 6.92 Å². The Balaban J connectivity index is 2.38. The molecule has 52 valence electrons. The van der Waals surface area contributed by atoms with Gasteiger partial charge in [0.1, 0.15) is 0 Å². The molecule has 1 aliphatic heterocycles. The van der Waals surface area contributed by atoms with Crippen LogP contribution >= 0.6 is 0 Å². The summed E-state index contributed by atoms with van der Waals surface area (Å²) in [6.45, 7) is 6.03. The van der Waals surface area contributed by atoms with Crippen LogP contribution in [0.1, 0.15) is 13.8 Å². The highest BCUT2D eigenvalue weighted by Crippen LogP contribution is 2.04. The molecular weight excluding hydrogens is 114 g/mol. The van der Waals surface area contributed by atoms with Crippen molar-refractivity contribution in [3.8, 4) is 0 Å². The van der Waals surface area contributed by atoms with Crippen LogP contribution in [0.3, 0.4) is 0 Å². The molecule has 0 aromatic heterocycles. The van der Waals surface area contributed by atoms with E-state index in [2.05, 4.69) is 19.1 Å². The number of hydroxylamine groups is 2. The number of likely N-dealkylation sites (N-methyl/N-ethyl adjacent to an activating group) is 1. The van der Waals surface area contributed by atoms with Crippen LogP contribution in [0.4, 0.5) is 0 Å². The Kier molecular flexibility index (Phi) is 2.25. The molecule has 1 unspecified atom stereocenters. The maximum absolute atomic E-state index is 5.38. The number of nitrogens with zero attached hydrogens (tertiary/aromatic N) is 1. The third-order valence-corrected chi connectivity index (χ3v) is 1.38. The molecule has 0 fully saturated rings. The second kappa shape index (κ2) is 2.99. The lowest BCUT2D eigenvalue weighted by molar-refractivity contribution is -0.175. The Bertz CT molecular complexity index is 111. The summed E-state index contributed by atoms with van der Waals surface area (Å²) in [4.78, 5) is 5.38. The fourth-order valence-corrected chi connectivity index (χ4v) is 0.887. The lowest BCUT2D eigenvalue weighted by atomic mass is 10.3. The number of hydrogen-bond donors (Lipinski definition) is 0. The average molecular weight is 127 g/mol. The molecule has 0 spiro atoms. The lowest BCUT2D eigenvalue weighted by Gasteiger charge is -2.24. The van der Waals surface area contributed by atoms with Crippen LogP contribution in [-0.4, -0.2) is 24.3 Å².